The number of hydrogen-bond donors (Lipinski definition) is 3. The van der Waals surface area contributed by atoms with E-state index < -0.39 is 5.69 Å². The van der Waals surface area contributed by atoms with Gasteiger partial charge in [-0.25, -0.2) is 14.9 Å². The summed E-state index contributed by atoms with van der Waals surface area (Å²) in [4.78, 5) is 32.4. The number of rotatable bonds is 5. The number of aromatic amines is 2. The molecule has 1 atom stereocenters. The molecule has 1 aliphatic rings. The maximum atomic E-state index is 11.9. The molecule has 9 nitrogen and oxygen atoms in total. The van der Waals surface area contributed by atoms with Crippen molar-refractivity contribution in [1.29, 1.82) is 0 Å². The third-order valence-electron chi connectivity index (χ3n) is 4.80. The molecule has 0 saturated carbocycles. The minimum atomic E-state index is -0.397. The summed E-state index contributed by atoms with van der Waals surface area (Å²) in [6, 6.07) is 7.59. The molecule has 1 fully saturated rings. The quantitative estimate of drug-likeness (QED) is 0.578. The average Bonchev–Trinajstić information content (AvgIpc) is 3.35. The second kappa shape index (κ2) is 7.18. The topological polar surface area (TPSA) is 116 Å². The number of pyridine rings is 1. The van der Waals surface area contributed by atoms with Gasteiger partial charge >= 0.3 is 5.69 Å². The number of methoxy groups -OCH3 is 1. The number of hydrogen-bond acceptors (Lipinski definition) is 6. The number of nitrogens with one attached hydrogen (secondary N) is 3. The zero-order valence-corrected chi connectivity index (χ0v) is 15.4. The number of anilines is 1. The molecule has 28 heavy (non-hydrogen) atoms. The highest BCUT2D eigenvalue weighted by Gasteiger charge is 2.26. The Morgan fingerprint density at radius 3 is 3.04 bits per heavy atom. The Balaban J connectivity index is 1.75. The second-order valence-electron chi connectivity index (χ2n) is 6.56. The fraction of sp³-hybridized carbons (Fsp3) is 0.263. The van der Waals surface area contributed by atoms with Gasteiger partial charge in [0.25, 0.3) is 0 Å². The highest BCUT2D eigenvalue weighted by atomic mass is 16.5. The number of likely N-dealkylation sites (tertiary alicyclic amines) is 1. The molecule has 3 N–H and O–H groups in total. The number of amides is 1. The molecule has 0 bridgehead atoms. The van der Waals surface area contributed by atoms with Gasteiger partial charge in [0.1, 0.15) is 17.3 Å². The van der Waals surface area contributed by atoms with Crippen molar-refractivity contribution in [2.45, 2.75) is 12.5 Å². The van der Waals surface area contributed by atoms with Gasteiger partial charge in [0.15, 0.2) is 5.82 Å². The van der Waals surface area contributed by atoms with E-state index in [0.717, 1.165) is 17.2 Å². The number of aromatic nitrogens is 4. The molecule has 144 valence electrons. The van der Waals surface area contributed by atoms with Crippen LogP contribution in [-0.2, 0) is 4.79 Å². The molecular weight excluding hydrogens is 360 g/mol. The minimum Gasteiger partial charge on any atom is -0.496 e. The maximum Gasteiger partial charge on any atom is 0.340 e. The van der Waals surface area contributed by atoms with Gasteiger partial charge in [-0.1, -0.05) is 18.7 Å². The van der Waals surface area contributed by atoms with Crippen LogP contribution in [0.15, 0.2) is 41.7 Å². The predicted molar refractivity (Wildman–Crippen MR) is 105 cm³/mol. The van der Waals surface area contributed by atoms with Crippen LogP contribution in [0, 0.1) is 0 Å². The molecule has 1 aliphatic heterocycles. The summed E-state index contributed by atoms with van der Waals surface area (Å²) in [5.41, 5.74) is 0.130. The molecule has 0 spiro atoms. The fourth-order valence-corrected chi connectivity index (χ4v) is 3.47. The predicted octanol–water partition coefficient (Wildman–Crippen LogP) is 1.52. The normalized spacial score (nSPS) is 16.3. The summed E-state index contributed by atoms with van der Waals surface area (Å²) >= 11 is 0. The Bertz CT molecular complexity index is 1100. The molecule has 1 amide bonds. The summed E-state index contributed by atoms with van der Waals surface area (Å²) in [6.45, 7) is 4.76. The van der Waals surface area contributed by atoms with E-state index in [1.165, 1.54) is 6.08 Å². The van der Waals surface area contributed by atoms with Gasteiger partial charge in [-0.2, -0.15) is 5.10 Å². The molecule has 0 radical (unpaired) electrons. The molecule has 1 unspecified atom stereocenters. The molecule has 4 rings (SSSR count). The lowest BCUT2D eigenvalue weighted by atomic mass is 10.1. The summed E-state index contributed by atoms with van der Waals surface area (Å²) in [5.74, 6) is 1.58. The minimum absolute atomic E-state index is 0.0398. The van der Waals surface area contributed by atoms with E-state index in [4.69, 9.17) is 4.74 Å². The lowest BCUT2D eigenvalue weighted by Crippen LogP contribution is -2.30. The Hall–Kier alpha value is -3.62. The van der Waals surface area contributed by atoms with Crippen LogP contribution in [0.5, 0.6) is 5.75 Å². The first-order chi connectivity index (χ1) is 13.6. The van der Waals surface area contributed by atoms with Gasteiger partial charge < -0.3 is 15.0 Å². The van der Waals surface area contributed by atoms with Crippen molar-refractivity contribution >= 4 is 22.5 Å². The van der Waals surface area contributed by atoms with E-state index in [1.807, 2.05) is 24.3 Å². The Labute approximate surface area is 160 Å². The van der Waals surface area contributed by atoms with Crippen LogP contribution in [0.2, 0.25) is 0 Å². The van der Waals surface area contributed by atoms with Crippen molar-refractivity contribution in [1.82, 2.24) is 25.1 Å². The summed E-state index contributed by atoms with van der Waals surface area (Å²) in [5, 5.41) is 11.5. The first kappa shape index (κ1) is 17.8. The van der Waals surface area contributed by atoms with Gasteiger partial charge in [-0.05, 0) is 30.0 Å². The van der Waals surface area contributed by atoms with Gasteiger partial charge in [-0.15, -0.1) is 0 Å². The van der Waals surface area contributed by atoms with E-state index in [1.54, 1.807) is 12.0 Å². The van der Waals surface area contributed by atoms with E-state index in [9.17, 15) is 9.59 Å². The monoisotopic (exact) mass is 380 g/mol. The smallest absolute Gasteiger partial charge is 0.340 e. The zero-order valence-electron chi connectivity index (χ0n) is 15.4. The lowest BCUT2D eigenvalue weighted by molar-refractivity contribution is -0.125. The van der Waals surface area contributed by atoms with Crippen molar-refractivity contribution < 1.29 is 9.53 Å². The lowest BCUT2D eigenvalue weighted by Gasteiger charge is -2.18. The largest absolute Gasteiger partial charge is 0.496 e. The van der Waals surface area contributed by atoms with Crippen molar-refractivity contribution in [2.75, 3.05) is 25.5 Å². The van der Waals surface area contributed by atoms with Crippen LogP contribution in [0.4, 0.5) is 5.82 Å². The van der Waals surface area contributed by atoms with Crippen LogP contribution < -0.4 is 15.7 Å². The van der Waals surface area contributed by atoms with E-state index in [0.29, 0.717) is 36.2 Å². The average molecular weight is 380 g/mol. The van der Waals surface area contributed by atoms with Crippen LogP contribution >= 0.6 is 0 Å². The number of fused-ring (bicyclic) bond motifs is 1. The van der Waals surface area contributed by atoms with Crippen molar-refractivity contribution in [2.24, 2.45) is 0 Å². The summed E-state index contributed by atoms with van der Waals surface area (Å²) in [7, 11) is 1.61. The highest BCUT2D eigenvalue weighted by molar-refractivity contribution is 5.99. The first-order valence-electron chi connectivity index (χ1n) is 8.89. The maximum absolute atomic E-state index is 11.9. The molecular formula is C19H20N6O3. The Morgan fingerprint density at radius 2 is 2.32 bits per heavy atom. The number of carbonyl (C=O) groups excluding carboxylic acids is 1. The van der Waals surface area contributed by atoms with Crippen molar-refractivity contribution in [3.63, 3.8) is 0 Å². The van der Waals surface area contributed by atoms with Crippen LogP contribution in [0.1, 0.15) is 6.42 Å². The number of nitrogens with zero attached hydrogens (tertiary/aromatic N) is 3. The highest BCUT2D eigenvalue weighted by Crippen LogP contribution is 2.34. The van der Waals surface area contributed by atoms with Gasteiger partial charge in [0.05, 0.1) is 12.5 Å². The fourth-order valence-electron chi connectivity index (χ4n) is 3.47. The van der Waals surface area contributed by atoms with Gasteiger partial charge in [-0.3, -0.25) is 9.78 Å². The molecule has 1 saturated heterocycles. The van der Waals surface area contributed by atoms with Crippen molar-refractivity contribution in [3.05, 3.63) is 47.4 Å². The number of carbonyl (C=O) groups is 1. The zero-order chi connectivity index (χ0) is 19.7. The van der Waals surface area contributed by atoms with E-state index in [2.05, 4.69) is 32.1 Å². The molecule has 0 aliphatic carbocycles. The molecule has 2 aromatic heterocycles. The molecule has 3 aromatic rings. The van der Waals surface area contributed by atoms with Crippen LogP contribution in [0.25, 0.3) is 22.3 Å². The van der Waals surface area contributed by atoms with E-state index >= 15 is 0 Å². The van der Waals surface area contributed by atoms with Gasteiger partial charge in [0, 0.05) is 19.1 Å². The second-order valence-corrected chi connectivity index (χ2v) is 6.56. The number of ether oxygens (including phenoxy) is 1. The van der Waals surface area contributed by atoms with Crippen LogP contribution in [0.3, 0.4) is 0 Å². The third-order valence-corrected chi connectivity index (χ3v) is 4.80. The molecule has 1 aromatic carbocycles. The molecule has 3 heterocycles. The Kier molecular flexibility index (Phi) is 4.56. The summed E-state index contributed by atoms with van der Waals surface area (Å²) < 4.78 is 5.52. The van der Waals surface area contributed by atoms with Crippen LogP contribution in [-0.4, -0.2) is 57.2 Å². The third kappa shape index (κ3) is 3.22. The standard InChI is InChI=1S/C19H20N6O3/c1-3-15(26)25-8-7-12(10-25)20-18-16-11(5-4-6-14(16)28-2)9-13(21-18)17-22-19(27)24-23-17/h3-6,9,12H,1,7-8,10H2,2H3,(H,20,21)(H2,22,23,24,27). The molecule has 9 heteroatoms. The van der Waals surface area contributed by atoms with E-state index in [-0.39, 0.29) is 11.9 Å². The number of benzene rings is 1. The SMILES string of the molecule is C=CC(=O)N1CCC(Nc2nc(-c3n[nH]c(=O)[nH]3)cc3cccc(OC)c23)C1. The van der Waals surface area contributed by atoms with Crippen molar-refractivity contribution in [3.8, 4) is 17.3 Å². The number of H-pyrrole nitrogens is 2. The summed E-state index contributed by atoms with van der Waals surface area (Å²) in [6.07, 6.45) is 2.12. The van der Waals surface area contributed by atoms with Gasteiger partial charge in [0.2, 0.25) is 5.91 Å². The Morgan fingerprint density at radius 1 is 1.46 bits per heavy atom. The first-order valence-corrected chi connectivity index (χ1v) is 8.89.